The van der Waals surface area contributed by atoms with Crippen molar-refractivity contribution in [1.82, 2.24) is 0 Å². The fraction of sp³-hybridized carbons (Fsp3) is 0.455. The quantitative estimate of drug-likeness (QED) is 0.611. The Labute approximate surface area is 84.8 Å². The lowest BCUT2D eigenvalue weighted by molar-refractivity contribution is 0.265. The summed E-state index contributed by atoms with van der Waals surface area (Å²) in [6, 6.07) is -0.193. The van der Waals surface area contributed by atoms with Gasteiger partial charge in [-0.25, -0.2) is 0 Å². The molecular formula is C11H18N2O. The van der Waals surface area contributed by atoms with Crippen LogP contribution in [0.25, 0.3) is 0 Å². The third-order valence-electron chi connectivity index (χ3n) is 2.15. The molecule has 0 fully saturated rings. The zero-order chi connectivity index (χ0) is 10.6. The Bertz CT molecular complexity index is 277. The molecular weight excluding hydrogens is 176 g/mol. The average molecular weight is 194 g/mol. The monoisotopic (exact) mass is 194 g/mol. The fourth-order valence-corrected chi connectivity index (χ4v) is 1.28. The zero-order valence-corrected chi connectivity index (χ0v) is 8.48. The minimum Gasteiger partial charge on any atom is -0.395 e. The van der Waals surface area contributed by atoms with Gasteiger partial charge < -0.3 is 16.6 Å². The number of hydrogen-bond donors (Lipinski definition) is 3. The summed E-state index contributed by atoms with van der Waals surface area (Å²) < 4.78 is 0. The molecule has 0 heterocycles. The number of allylic oxidation sites excluding steroid dienone is 3. The lowest BCUT2D eigenvalue weighted by atomic mass is 10.0. The van der Waals surface area contributed by atoms with Gasteiger partial charge in [0.2, 0.25) is 0 Å². The highest BCUT2D eigenvalue weighted by molar-refractivity contribution is 5.33. The van der Waals surface area contributed by atoms with Crippen molar-refractivity contribution in [2.75, 3.05) is 6.61 Å². The van der Waals surface area contributed by atoms with Crippen molar-refractivity contribution in [2.24, 2.45) is 11.5 Å². The van der Waals surface area contributed by atoms with Gasteiger partial charge in [-0.1, -0.05) is 30.4 Å². The molecule has 3 heteroatoms. The van der Waals surface area contributed by atoms with Crippen molar-refractivity contribution in [2.45, 2.75) is 24.9 Å². The summed E-state index contributed by atoms with van der Waals surface area (Å²) in [6.07, 6.45) is 10.4. The predicted molar refractivity (Wildman–Crippen MR) is 58.6 cm³/mol. The largest absolute Gasteiger partial charge is 0.395 e. The van der Waals surface area contributed by atoms with Crippen molar-refractivity contribution in [3.05, 3.63) is 36.0 Å². The number of nitrogens with two attached hydrogens (primary N) is 2. The summed E-state index contributed by atoms with van der Waals surface area (Å²) in [5, 5.41) is 8.82. The van der Waals surface area contributed by atoms with Crippen LogP contribution in [0.2, 0.25) is 0 Å². The van der Waals surface area contributed by atoms with Gasteiger partial charge in [-0.15, -0.1) is 0 Å². The number of rotatable bonds is 3. The molecule has 0 saturated heterocycles. The van der Waals surface area contributed by atoms with E-state index in [0.717, 1.165) is 5.57 Å². The Kier molecular flexibility index (Phi) is 3.63. The first-order valence-corrected chi connectivity index (χ1v) is 4.76. The minimum atomic E-state index is -0.387. The van der Waals surface area contributed by atoms with E-state index in [0.29, 0.717) is 6.42 Å². The van der Waals surface area contributed by atoms with Gasteiger partial charge in [-0.2, -0.15) is 0 Å². The van der Waals surface area contributed by atoms with E-state index < -0.39 is 0 Å². The second-order valence-corrected chi connectivity index (χ2v) is 3.95. The van der Waals surface area contributed by atoms with E-state index in [-0.39, 0.29) is 18.2 Å². The maximum atomic E-state index is 8.82. The van der Waals surface area contributed by atoms with E-state index in [1.165, 1.54) is 0 Å². The molecule has 0 saturated carbocycles. The van der Waals surface area contributed by atoms with E-state index in [1.807, 2.05) is 37.3 Å². The van der Waals surface area contributed by atoms with Crippen LogP contribution >= 0.6 is 0 Å². The molecule has 0 aliphatic heterocycles. The van der Waals surface area contributed by atoms with Crippen molar-refractivity contribution in [3.63, 3.8) is 0 Å². The molecule has 0 aromatic heterocycles. The van der Waals surface area contributed by atoms with Crippen molar-refractivity contribution < 1.29 is 5.11 Å². The third kappa shape index (κ3) is 3.46. The van der Waals surface area contributed by atoms with Crippen molar-refractivity contribution >= 4 is 0 Å². The smallest absolute Gasteiger partial charge is 0.0585 e. The number of aliphatic hydroxyl groups excluding tert-OH is 1. The van der Waals surface area contributed by atoms with Gasteiger partial charge in [0.25, 0.3) is 0 Å². The highest BCUT2D eigenvalue weighted by Crippen LogP contribution is 2.14. The van der Waals surface area contributed by atoms with Crippen LogP contribution in [0.3, 0.4) is 0 Å². The molecule has 1 aliphatic carbocycles. The second kappa shape index (κ2) is 4.55. The zero-order valence-electron chi connectivity index (χ0n) is 8.48. The molecule has 0 aromatic carbocycles. The maximum absolute atomic E-state index is 8.82. The molecule has 1 rings (SSSR count). The van der Waals surface area contributed by atoms with Gasteiger partial charge in [-0.05, 0) is 18.9 Å². The SMILES string of the molecule is CC1(N)C=CC=C(CC(N)CO)C=C1. The van der Waals surface area contributed by atoms with Crippen LogP contribution in [0.1, 0.15) is 13.3 Å². The molecule has 1 aliphatic rings. The summed E-state index contributed by atoms with van der Waals surface area (Å²) in [5.41, 5.74) is 12.3. The van der Waals surface area contributed by atoms with Gasteiger partial charge in [0.05, 0.1) is 12.1 Å². The molecule has 0 spiro atoms. The molecule has 2 atom stereocenters. The second-order valence-electron chi connectivity index (χ2n) is 3.95. The van der Waals surface area contributed by atoms with Crippen LogP contribution in [0, 0.1) is 0 Å². The summed E-state index contributed by atoms with van der Waals surface area (Å²) in [4.78, 5) is 0. The topological polar surface area (TPSA) is 72.3 Å². The molecule has 5 N–H and O–H groups in total. The molecule has 2 unspecified atom stereocenters. The van der Waals surface area contributed by atoms with E-state index in [1.54, 1.807) is 0 Å². The van der Waals surface area contributed by atoms with Crippen molar-refractivity contribution in [3.8, 4) is 0 Å². The Hall–Kier alpha value is -0.900. The fourth-order valence-electron chi connectivity index (χ4n) is 1.28. The highest BCUT2D eigenvalue weighted by Gasteiger charge is 2.11. The average Bonchev–Trinajstić information content (AvgIpc) is 2.28. The first-order chi connectivity index (χ1) is 6.53. The van der Waals surface area contributed by atoms with Crippen LogP contribution in [0.5, 0.6) is 0 Å². The summed E-state index contributed by atoms with van der Waals surface area (Å²) >= 11 is 0. The summed E-state index contributed by atoms with van der Waals surface area (Å²) in [5.74, 6) is 0. The molecule has 14 heavy (non-hydrogen) atoms. The van der Waals surface area contributed by atoms with Gasteiger partial charge >= 0.3 is 0 Å². The Balaban J connectivity index is 2.65. The molecule has 0 bridgehead atoms. The number of hydrogen-bond acceptors (Lipinski definition) is 3. The standard InChI is InChI=1S/C11H18N2O/c1-11(13)5-2-3-9(4-6-11)7-10(12)8-14/h2-6,10,14H,7-8,12-13H2,1H3. The Morgan fingerprint density at radius 2 is 2.21 bits per heavy atom. The number of aliphatic hydroxyl groups is 1. The molecule has 0 aromatic rings. The summed E-state index contributed by atoms with van der Waals surface area (Å²) in [7, 11) is 0. The maximum Gasteiger partial charge on any atom is 0.0585 e. The first-order valence-electron chi connectivity index (χ1n) is 4.76. The van der Waals surface area contributed by atoms with Crippen LogP contribution in [-0.2, 0) is 0 Å². The van der Waals surface area contributed by atoms with Gasteiger partial charge in [0.1, 0.15) is 0 Å². The predicted octanol–water partition coefficient (Wildman–Crippen LogP) is 0.466. The molecule has 0 radical (unpaired) electrons. The third-order valence-corrected chi connectivity index (χ3v) is 2.15. The van der Waals surface area contributed by atoms with Crippen LogP contribution in [0.15, 0.2) is 36.0 Å². The van der Waals surface area contributed by atoms with E-state index >= 15 is 0 Å². The van der Waals surface area contributed by atoms with Crippen molar-refractivity contribution in [1.29, 1.82) is 0 Å². The van der Waals surface area contributed by atoms with Gasteiger partial charge in [0.15, 0.2) is 0 Å². The van der Waals surface area contributed by atoms with E-state index in [2.05, 4.69) is 0 Å². The molecule has 78 valence electrons. The van der Waals surface area contributed by atoms with Crippen LogP contribution in [0.4, 0.5) is 0 Å². The summed E-state index contributed by atoms with van der Waals surface area (Å²) in [6.45, 7) is 1.94. The van der Waals surface area contributed by atoms with Crippen LogP contribution in [-0.4, -0.2) is 23.3 Å². The van der Waals surface area contributed by atoms with Crippen LogP contribution < -0.4 is 11.5 Å². The lowest BCUT2D eigenvalue weighted by Gasteiger charge is -2.13. The molecule has 0 amide bonds. The lowest BCUT2D eigenvalue weighted by Crippen LogP contribution is -2.30. The highest BCUT2D eigenvalue weighted by atomic mass is 16.3. The Morgan fingerprint density at radius 1 is 1.50 bits per heavy atom. The van der Waals surface area contributed by atoms with Gasteiger partial charge in [0, 0.05) is 6.04 Å². The molecule has 3 nitrogen and oxygen atoms in total. The van der Waals surface area contributed by atoms with Gasteiger partial charge in [-0.3, -0.25) is 0 Å². The minimum absolute atomic E-state index is 0.00872. The Morgan fingerprint density at radius 3 is 2.86 bits per heavy atom. The van der Waals surface area contributed by atoms with E-state index in [4.69, 9.17) is 16.6 Å². The first kappa shape index (κ1) is 11.2. The normalized spacial score (nSPS) is 28.4. The van der Waals surface area contributed by atoms with E-state index in [9.17, 15) is 0 Å².